The van der Waals surface area contributed by atoms with E-state index in [9.17, 15) is 15.2 Å². The number of aryl methyl sites for hydroxylation is 1. The first-order chi connectivity index (χ1) is 58.5. The number of nitriles is 1. The van der Waals surface area contributed by atoms with Gasteiger partial charge in [-0.2, -0.15) is 5.26 Å². The molecule has 119 heavy (non-hydrogen) atoms. The Morgan fingerprint density at radius 2 is 0.412 bits per heavy atom. The van der Waals surface area contributed by atoms with E-state index in [4.69, 9.17) is 0 Å². The smallest absolute Gasteiger partial charge is 0.346 e. The zero-order valence-electron chi connectivity index (χ0n) is 78.1. The standard InChI is InChI=1S/C110H169NO2S6/c1-13-25-37-49-61-86-85-114-99(88(86)62-50-38-26-14-2)73-74-100-89(63-51-39-27-15-3)90(64-52-40-28-16-4)101(115-100)75-76-102-91(65-53-41-29-17-5)92(66-54-42-30-18-6)103(116-102)77-78-104-93(67-55-43-31-19-7)94(68-56-44-32-20-8)105(117-104)79-80-106-95(69-57-45-33-21-9)96(70-58-46-34-22-10)107(118-106)81-82-108-97(71-59-47-35-23-11)98(72-60-48-36-24-12)109(119-108)83-87(84-111)110(112)113/h73-83,85H,13-72H2,1-12H3,(H,112,113)/b74-73+,76-75+,78-77+,80-79+,82-81+,87-83+. The molecule has 0 fully saturated rings. The number of thiophene rings is 6. The molecule has 0 saturated carbocycles. The van der Waals surface area contributed by atoms with E-state index in [1.54, 1.807) is 73.0 Å². The zero-order valence-corrected chi connectivity index (χ0v) is 83.0. The molecule has 0 bridgehead atoms. The summed E-state index contributed by atoms with van der Waals surface area (Å²) in [7, 11) is 0. The molecule has 0 radical (unpaired) electrons. The third kappa shape index (κ3) is 37.0. The number of aliphatic carboxylic acids is 1. The minimum Gasteiger partial charge on any atom is -0.477 e. The van der Waals surface area contributed by atoms with E-state index in [0.29, 0.717) is 0 Å². The van der Waals surface area contributed by atoms with Crippen LogP contribution in [-0.4, -0.2) is 11.1 Å². The first-order valence-electron chi connectivity index (χ1n) is 50.0. The number of rotatable bonds is 72. The molecule has 6 heterocycles. The predicted molar refractivity (Wildman–Crippen MR) is 546 cm³/mol. The fraction of sp³-hybridized carbons (Fsp3) is 0.655. The van der Waals surface area contributed by atoms with Gasteiger partial charge in [0.2, 0.25) is 0 Å². The molecule has 6 rings (SSSR count). The highest BCUT2D eigenvalue weighted by Crippen LogP contribution is 2.44. The molecule has 0 saturated heterocycles. The van der Waals surface area contributed by atoms with Crippen LogP contribution in [0.3, 0.4) is 0 Å². The Morgan fingerprint density at radius 3 is 0.597 bits per heavy atom. The number of carboxylic acid groups (broad SMARTS) is 1. The van der Waals surface area contributed by atoms with Gasteiger partial charge in [-0.05, 0) is 293 Å². The maximum atomic E-state index is 12.5. The van der Waals surface area contributed by atoms with Gasteiger partial charge in [0.15, 0.2) is 0 Å². The molecule has 0 spiro atoms. The second-order valence-corrected chi connectivity index (χ2v) is 41.2. The van der Waals surface area contributed by atoms with Crippen molar-refractivity contribution >= 4 is 141 Å². The van der Waals surface area contributed by atoms with Crippen LogP contribution in [0, 0.1) is 11.3 Å². The molecular formula is C110H169NO2S6. The number of nitrogens with zero attached hydrogens (tertiary/aromatic N) is 1. The minimum absolute atomic E-state index is 0.176. The quantitative estimate of drug-likeness (QED) is 0.0235. The average Bonchev–Trinajstić information content (AvgIpc) is 1.65. The van der Waals surface area contributed by atoms with Gasteiger partial charge in [0.1, 0.15) is 11.6 Å². The van der Waals surface area contributed by atoms with Crippen molar-refractivity contribution in [3.63, 3.8) is 0 Å². The van der Waals surface area contributed by atoms with Gasteiger partial charge < -0.3 is 5.11 Å². The van der Waals surface area contributed by atoms with Crippen LogP contribution in [0.4, 0.5) is 0 Å². The van der Waals surface area contributed by atoms with Gasteiger partial charge in [-0.25, -0.2) is 4.79 Å². The number of carboxylic acids is 1. The highest BCUT2D eigenvalue weighted by Gasteiger charge is 2.24. The third-order valence-corrected chi connectivity index (χ3v) is 31.9. The van der Waals surface area contributed by atoms with Crippen LogP contribution in [0.2, 0.25) is 0 Å². The monoisotopic (exact) mass is 1730 g/mol. The number of unbranched alkanes of at least 4 members (excludes halogenated alkanes) is 36. The summed E-state index contributed by atoms with van der Waals surface area (Å²) < 4.78 is 0. The highest BCUT2D eigenvalue weighted by molar-refractivity contribution is 7.16. The molecule has 0 atom stereocenters. The topological polar surface area (TPSA) is 61.1 Å². The Morgan fingerprint density at radius 1 is 0.244 bits per heavy atom. The van der Waals surface area contributed by atoms with Crippen molar-refractivity contribution in [3.8, 4) is 6.07 Å². The molecule has 0 unspecified atom stereocenters. The van der Waals surface area contributed by atoms with Gasteiger partial charge in [-0.15, -0.1) is 68.0 Å². The van der Waals surface area contributed by atoms with Crippen molar-refractivity contribution < 1.29 is 9.90 Å². The van der Waals surface area contributed by atoms with Gasteiger partial charge in [0.05, 0.1) is 0 Å². The molecule has 0 amide bonds. The van der Waals surface area contributed by atoms with Crippen LogP contribution >= 0.6 is 68.0 Å². The number of carbonyl (C=O) groups is 1. The Bertz CT molecular complexity index is 3950. The molecule has 662 valence electrons. The summed E-state index contributed by atoms with van der Waals surface area (Å²) >= 11 is 12.1. The summed E-state index contributed by atoms with van der Waals surface area (Å²) in [6.45, 7) is 28.2. The fourth-order valence-electron chi connectivity index (χ4n) is 17.6. The van der Waals surface area contributed by atoms with Gasteiger partial charge in [0.25, 0.3) is 0 Å². The van der Waals surface area contributed by atoms with Crippen molar-refractivity contribution in [2.75, 3.05) is 0 Å². The van der Waals surface area contributed by atoms with Crippen LogP contribution in [0.1, 0.15) is 512 Å². The van der Waals surface area contributed by atoms with Crippen molar-refractivity contribution in [1.29, 1.82) is 5.26 Å². The third-order valence-electron chi connectivity index (χ3n) is 24.8. The minimum atomic E-state index is -1.15. The van der Waals surface area contributed by atoms with Gasteiger partial charge in [-0.1, -0.05) is 314 Å². The van der Waals surface area contributed by atoms with Crippen molar-refractivity contribution in [3.05, 3.63) is 131 Å². The van der Waals surface area contributed by atoms with E-state index in [-0.39, 0.29) is 5.57 Å². The van der Waals surface area contributed by atoms with Gasteiger partial charge in [-0.3, -0.25) is 0 Å². The van der Waals surface area contributed by atoms with Crippen LogP contribution in [0.15, 0.2) is 11.0 Å². The van der Waals surface area contributed by atoms with Gasteiger partial charge in [0, 0.05) is 53.6 Å². The second kappa shape index (κ2) is 64.4. The molecule has 1 N–H and O–H groups in total. The number of hydrogen-bond acceptors (Lipinski definition) is 8. The predicted octanol–water partition coefficient (Wildman–Crippen LogP) is 38.4. The zero-order chi connectivity index (χ0) is 85.3. The second-order valence-electron chi connectivity index (χ2n) is 34.9. The molecule has 0 aromatic carbocycles. The Hall–Kier alpha value is -4.40. The van der Waals surface area contributed by atoms with E-state index >= 15 is 0 Å². The van der Waals surface area contributed by atoms with Crippen LogP contribution in [-0.2, 0) is 81.8 Å². The maximum absolute atomic E-state index is 12.5. The van der Waals surface area contributed by atoms with Crippen molar-refractivity contribution in [1.82, 2.24) is 0 Å². The summed E-state index contributed by atoms with van der Waals surface area (Å²) in [6, 6.07) is 2.04. The van der Waals surface area contributed by atoms with E-state index < -0.39 is 5.97 Å². The lowest BCUT2D eigenvalue weighted by molar-refractivity contribution is -0.132. The van der Waals surface area contributed by atoms with E-state index in [1.165, 1.54) is 375 Å². The Labute approximate surface area is 755 Å². The molecule has 0 aliphatic heterocycles. The lowest BCUT2D eigenvalue weighted by atomic mass is 9.94. The summed E-state index contributed by atoms with van der Waals surface area (Å²) in [6.07, 6.45) is 101. The normalized spacial score (nSPS) is 12.3. The lowest BCUT2D eigenvalue weighted by Gasteiger charge is -2.09. The number of hydrogen-bond donors (Lipinski definition) is 1. The highest BCUT2D eigenvalue weighted by atomic mass is 32.1. The van der Waals surface area contributed by atoms with E-state index in [0.717, 1.165) is 75.5 Å². The molecule has 3 nitrogen and oxygen atoms in total. The molecule has 6 aromatic rings. The Kier molecular flexibility index (Phi) is 55.9. The summed E-state index contributed by atoms with van der Waals surface area (Å²) in [5.41, 5.74) is 18.7. The largest absolute Gasteiger partial charge is 0.477 e. The lowest BCUT2D eigenvalue weighted by Crippen LogP contribution is -1.99. The molecule has 9 heteroatoms. The van der Waals surface area contributed by atoms with E-state index in [1.807, 2.05) is 28.7 Å². The molecular weight excluding hydrogens is 1560 g/mol. The first kappa shape index (κ1) is 103. The van der Waals surface area contributed by atoms with Crippen LogP contribution < -0.4 is 0 Å². The molecule has 0 aliphatic rings. The van der Waals surface area contributed by atoms with Crippen molar-refractivity contribution in [2.24, 2.45) is 0 Å². The Balaban J connectivity index is 1.59. The molecule has 6 aromatic heterocycles. The summed E-state index contributed by atoms with van der Waals surface area (Å²) in [5.74, 6) is -1.15. The van der Waals surface area contributed by atoms with Crippen LogP contribution in [0.5, 0.6) is 0 Å². The SMILES string of the molecule is CCCCCCc1csc(/C=C/c2sc(/C=C/c3sc(/C=C/c4sc(/C=C/c5sc(/C=C/c6sc(/C=C(\C#N)C(=O)O)c(CCCCCC)c6CCCCCC)c(CCCCCC)c5CCCCCC)c(CCCCCC)c4CCCCCC)c(CCCCCC)c3CCCCCC)c(CCCCCC)c2CCCCCC)c1CCCCCC. The molecule has 0 aliphatic carbocycles. The average molecular weight is 1730 g/mol. The fourth-order valence-corrected chi connectivity index (χ4v) is 24.7. The van der Waals surface area contributed by atoms with E-state index in [2.05, 4.69) is 183 Å². The van der Waals surface area contributed by atoms with Crippen LogP contribution in [0.25, 0.3) is 66.8 Å². The van der Waals surface area contributed by atoms with Gasteiger partial charge >= 0.3 is 5.97 Å². The summed E-state index contributed by atoms with van der Waals surface area (Å²) in [4.78, 5) is 28.1. The summed E-state index contributed by atoms with van der Waals surface area (Å²) in [5, 5.41) is 22.9. The first-order valence-corrected chi connectivity index (χ1v) is 55.0. The van der Waals surface area contributed by atoms with Crippen molar-refractivity contribution in [2.45, 2.75) is 468 Å². The maximum Gasteiger partial charge on any atom is 0.346 e.